The molecular formula is C22H36N4O3S. The quantitative estimate of drug-likeness (QED) is 0.703. The van der Waals surface area contributed by atoms with E-state index in [4.69, 9.17) is 0 Å². The Morgan fingerprint density at radius 1 is 1.17 bits per heavy atom. The third-order valence-electron chi connectivity index (χ3n) is 6.31. The third-order valence-corrected chi connectivity index (χ3v) is 8.31. The minimum Gasteiger partial charge on any atom is -0.339 e. The van der Waals surface area contributed by atoms with Crippen LogP contribution >= 0.6 is 0 Å². The van der Waals surface area contributed by atoms with Crippen molar-refractivity contribution in [1.29, 1.82) is 0 Å². The standard InChI is InChI=1S/C22H36N4O3S/c1-18-7-8-21(19(2)16-18)30(28,29)26(15-14-24-11-5-4-6-20(24)3)17-22(27)25-12-9-23-10-13-25/h7-8,16,20,23H,4-6,9-15,17H2,1-3H3/t20-/m0/s1. The first-order valence-corrected chi connectivity index (χ1v) is 12.5. The molecule has 1 aromatic carbocycles. The molecule has 2 fully saturated rings. The Bertz CT molecular complexity index is 837. The highest BCUT2D eigenvalue weighted by molar-refractivity contribution is 7.89. The average molecular weight is 437 g/mol. The van der Waals surface area contributed by atoms with Crippen LogP contribution in [-0.2, 0) is 14.8 Å². The van der Waals surface area contributed by atoms with Crippen molar-refractivity contribution in [3.05, 3.63) is 29.3 Å². The van der Waals surface area contributed by atoms with Gasteiger partial charge < -0.3 is 10.2 Å². The van der Waals surface area contributed by atoms with Crippen LogP contribution in [0, 0.1) is 13.8 Å². The molecule has 0 aromatic heterocycles. The first-order valence-electron chi connectivity index (χ1n) is 11.1. The number of carbonyl (C=O) groups excluding carboxylic acids is 1. The summed E-state index contributed by atoms with van der Waals surface area (Å²) >= 11 is 0. The van der Waals surface area contributed by atoms with Gasteiger partial charge in [-0.2, -0.15) is 4.31 Å². The second-order valence-electron chi connectivity index (χ2n) is 8.62. The minimum atomic E-state index is -3.76. The summed E-state index contributed by atoms with van der Waals surface area (Å²) in [7, 11) is -3.76. The van der Waals surface area contributed by atoms with Crippen molar-refractivity contribution in [3.8, 4) is 0 Å². The van der Waals surface area contributed by atoms with Crippen LogP contribution in [0.15, 0.2) is 23.1 Å². The molecule has 0 unspecified atom stereocenters. The van der Waals surface area contributed by atoms with Gasteiger partial charge in [0.2, 0.25) is 15.9 Å². The maximum absolute atomic E-state index is 13.6. The van der Waals surface area contributed by atoms with Gasteiger partial charge in [-0.15, -0.1) is 0 Å². The first kappa shape index (κ1) is 23.2. The number of nitrogens with one attached hydrogen (secondary N) is 1. The Morgan fingerprint density at radius 3 is 2.57 bits per heavy atom. The van der Waals surface area contributed by atoms with Gasteiger partial charge in [0.1, 0.15) is 0 Å². The molecule has 2 heterocycles. The fraction of sp³-hybridized carbons (Fsp3) is 0.682. The van der Waals surface area contributed by atoms with Crippen LogP contribution in [0.3, 0.4) is 0 Å². The van der Waals surface area contributed by atoms with Gasteiger partial charge in [0.05, 0.1) is 11.4 Å². The van der Waals surface area contributed by atoms with Gasteiger partial charge in [-0.25, -0.2) is 8.42 Å². The fourth-order valence-electron chi connectivity index (χ4n) is 4.41. The van der Waals surface area contributed by atoms with Crippen molar-refractivity contribution < 1.29 is 13.2 Å². The van der Waals surface area contributed by atoms with E-state index in [1.165, 1.54) is 10.7 Å². The van der Waals surface area contributed by atoms with Crippen molar-refractivity contribution in [1.82, 2.24) is 19.4 Å². The van der Waals surface area contributed by atoms with Gasteiger partial charge in [-0.3, -0.25) is 9.69 Å². The lowest BCUT2D eigenvalue weighted by Gasteiger charge is -2.35. The van der Waals surface area contributed by atoms with Gasteiger partial charge in [-0.1, -0.05) is 24.1 Å². The molecule has 2 saturated heterocycles. The molecule has 30 heavy (non-hydrogen) atoms. The summed E-state index contributed by atoms with van der Waals surface area (Å²) in [4.78, 5) is 17.3. The van der Waals surface area contributed by atoms with Gasteiger partial charge >= 0.3 is 0 Å². The molecule has 0 saturated carbocycles. The molecule has 8 heteroatoms. The predicted molar refractivity (Wildman–Crippen MR) is 119 cm³/mol. The number of carbonyl (C=O) groups is 1. The summed E-state index contributed by atoms with van der Waals surface area (Å²) in [6.07, 6.45) is 3.51. The second kappa shape index (κ2) is 10.2. The number of amides is 1. The van der Waals surface area contributed by atoms with E-state index < -0.39 is 10.0 Å². The first-order chi connectivity index (χ1) is 14.3. The average Bonchev–Trinajstić information content (AvgIpc) is 2.72. The number of hydrogen-bond donors (Lipinski definition) is 1. The van der Waals surface area contributed by atoms with E-state index in [1.807, 2.05) is 26.0 Å². The zero-order chi connectivity index (χ0) is 21.7. The fourth-order valence-corrected chi connectivity index (χ4v) is 5.99. The zero-order valence-corrected chi connectivity index (χ0v) is 19.4. The maximum atomic E-state index is 13.6. The molecule has 1 atom stereocenters. The summed E-state index contributed by atoms with van der Waals surface area (Å²) in [5, 5.41) is 3.23. The molecule has 1 N–H and O–H groups in total. The summed E-state index contributed by atoms with van der Waals surface area (Å²) in [6.45, 7) is 10.6. The zero-order valence-electron chi connectivity index (χ0n) is 18.6. The van der Waals surface area contributed by atoms with E-state index in [9.17, 15) is 13.2 Å². The Balaban J connectivity index is 1.80. The number of piperidine rings is 1. The van der Waals surface area contributed by atoms with Crippen LogP contribution in [-0.4, -0.2) is 86.8 Å². The van der Waals surface area contributed by atoms with Crippen molar-refractivity contribution >= 4 is 15.9 Å². The molecule has 0 bridgehead atoms. The molecule has 2 aliphatic heterocycles. The number of aryl methyl sites for hydroxylation is 2. The van der Waals surface area contributed by atoms with E-state index in [1.54, 1.807) is 11.0 Å². The molecule has 7 nitrogen and oxygen atoms in total. The lowest BCUT2D eigenvalue weighted by atomic mass is 10.0. The monoisotopic (exact) mass is 436 g/mol. The normalized spacial score (nSPS) is 21.2. The van der Waals surface area contributed by atoms with Gasteiger partial charge in [0, 0.05) is 45.3 Å². The van der Waals surface area contributed by atoms with E-state index in [-0.39, 0.29) is 12.5 Å². The van der Waals surface area contributed by atoms with E-state index in [2.05, 4.69) is 17.1 Å². The Morgan fingerprint density at radius 2 is 1.90 bits per heavy atom. The lowest BCUT2D eigenvalue weighted by molar-refractivity contribution is -0.132. The third kappa shape index (κ3) is 5.60. The largest absolute Gasteiger partial charge is 0.339 e. The SMILES string of the molecule is Cc1ccc(S(=O)(=O)N(CCN2CCCC[C@@H]2C)CC(=O)N2CCNCC2)c(C)c1. The van der Waals surface area contributed by atoms with Crippen molar-refractivity contribution in [2.75, 3.05) is 52.4 Å². The highest BCUT2D eigenvalue weighted by Crippen LogP contribution is 2.22. The lowest BCUT2D eigenvalue weighted by Crippen LogP contribution is -2.51. The molecule has 0 aliphatic carbocycles. The molecule has 2 aliphatic rings. The van der Waals surface area contributed by atoms with Crippen molar-refractivity contribution in [2.45, 2.75) is 51.0 Å². The van der Waals surface area contributed by atoms with Crippen LogP contribution < -0.4 is 5.32 Å². The topological polar surface area (TPSA) is 73.0 Å². The number of likely N-dealkylation sites (tertiary alicyclic amines) is 1. The highest BCUT2D eigenvalue weighted by atomic mass is 32.2. The Kier molecular flexibility index (Phi) is 7.90. The number of hydrogen-bond acceptors (Lipinski definition) is 5. The van der Waals surface area contributed by atoms with Crippen molar-refractivity contribution in [3.63, 3.8) is 0 Å². The molecule has 0 spiro atoms. The van der Waals surface area contributed by atoms with Crippen LogP contribution in [0.25, 0.3) is 0 Å². The molecule has 1 amide bonds. The number of sulfonamides is 1. The number of benzene rings is 1. The highest BCUT2D eigenvalue weighted by Gasteiger charge is 2.31. The summed E-state index contributed by atoms with van der Waals surface area (Å²) in [5.74, 6) is -0.114. The number of rotatable bonds is 7. The molecule has 168 valence electrons. The Hall–Kier alpha value is -1.48. The summed E-state index contributed by atoms with van der Waals surface area (Å²) in [5.41, 5.74) is 1.75. The second-order valence-corrected chi connectivity index (χ2v) is 10.5. The van der Waals surface area contributed by atoms with Gasteiger partial charge in [0.15, 0.2) is 0 Å². The van der Waals surface area contributed by atoms with E-state index in [0.717, 1.165) is 43.6 Å². The summed E-state index contributed by atoms with van der Waals surface area (Å²) < 4.78 is 28.5. The van der Waals surface area contributed by atoms with Crippen LogP contribution in [0.2, 0.25) is 0 Å². The minimum absolute atomic E-state index is 0.0993. The number of nitrogens with zero attached hydrogens (tertiary/aromatic N) is 3. The molecular weight excluding hydrogens is 400 g/mol. The Labute approximate surface area is 181 Å². The van der Waals surface area contributed by atoms with Crippen LogP contribution in [0.4, 0.5) is 0 Å². The maximum Gasteiger partial charge on any atom is 0.243 e. The molecule has 0 radical (unpaired) electrons. The van der Waals surface area contributed by atoms with E-state index >= 15 is 0 Å². The molecule has 3 rings (SSSR count). The number of piperazine rings is 1. The van der Waals surface area contributed by atoms with Crippen LogP contribution in [0.5, 0.6) is 0 Å². The smallest absolute Gasteiger partial charge is 0.243 e. The van der Waals surface area contributed by atoms with Gasteiger partial charge in [0.25, 0.3) is 0 Å². The van der Waals surface area contributed by atoms with E-state index in [0.29, 0.717) is 37.1 Å². The summed E-state index contributed by atoms with van der Waals surface area (Å²) in [6, 6.07) is 5.83. The van der Waals surface area contributed by atoms with Crippen LogP contribution in [0.1, 0.15) is 37.3 Å². The predicted octanol–water partition coefficient (Wildman–Crippen LogP) is 1.60. The van der Waals surface area contributed by atoms with Gasteiger partial charge in [-0.05, 0) is 51.8 Å². The molecule has 1 aromatic rings. The van der Waals surface area contributed by atoms with Crippen molar-refractivity contribution in [2.24, 2.45) is 0 Å².